The molecule has 0 aliphatic carbocycles. The molecular weight excluding hydrogens is 247 g/mol. The zero-order valence-corrected chi connectivity index (χ0v) is 9.00. The SMILES string of the molecule is COc1ccc(C(=O)O)c(OCl)c1OCl. The fourth-order valence-electron chi connectivity index (χ4n) is 1.02. The molecule has 0 spiro atoms. The number of carboxylic acids is 1. The van der Waals surface area contributed by atoms with Crippen LogP contribution in [0.5, 0.6) is 17.2 Å². The van der Waals surface area contributed by atoms with Crippen molar-refractivity contribution in [2.45, 2.75) is 0 Å². The smallest absolute Gasteiger partial charge is 0.339 e. The molecule has 0 radical (unpaired) electrons. The van der Waals surface area contributed by atoms with E-state index in [2.05, 4.69) is 8.58 Å². The minimum Gasteiger partial charge on any atom is -0.493 e. The number of carboxylic acid groups (broad SMARTS) is 1. The van der Waals surface area contributed by atoms with Crippen LogP contribution < -0.4 is 13.3 Å². The van der Waals surface area contributed by atoms with Crippen molar-refractivity contribution in [3.05, 3.63) is 17.7 Å². The molecule has 0 saturated carbocycles. The first-order valence-corrected chi connectivity index (χ1v) is 4.28. The highest BCUT2D eigenvalue weighted by Crippen LogP contribution is 2.41. The average Bonchev–Trinajstić information content (AvgIpc) is 2.26. The Bertz CT molecular complexity index is 380. The third-order valence-corrected chi connectivity index (χ3v) is 1.99. The summed E-state index contributed by atoms with van der Waals surface area (Å²) in [6, 6.07) is 2.64. The van der Waals surface area contributed by atoms with Gasteiger partial charge in [-0.05, 0) is 12.1 Å². The number of ether oxygens (including phenoxy) is 1. The number of rotatable bonds is 4. The number of carbonyl (C=O) groups is 1. The van der Waals surface area contributed by atoms with E-state index >= 15 is 0 Å². The molecule has 82 valence electrons. The standard InChI is InChI=1S/C8H6Cl2O5/c1-13-5-3-2-4(8(11)12)6(14-9)7(5)15-10/h2-3H,1H3,(H,11,12). The molecule has 1 aromatic rings. The first-order chi connectivity index (χ1) is 7.15. The highest BCUT2D eigenvalue weighted by Gasteiger charge is 2.21. The van der Waals surface area contributed by atoms with Crippen LogP contribution >= 0.6 is 23.7 Å². The van der Waals surface area contributed by atoms with Gasteiger partial charge < -0.3 is 18.4 Å². The average molecular weight is 253 g/mol. The lowest BCUT2D eigenvalue weighted by Gasteiger charge is -2.10. The van der Waals surface area contributed by atoms with Crippen molar-refractivity contribution in [3.8, 4) is 17.2 Å². The molecule has 15 heavy (non-hydrogen) atoms. The van der Waals surface area contributed by atoms with Crippen LogP contribution in [0.15, 0.2) is 12.1 Å². The minimum absolute atomic E-state index is 0.0888. The molecule has 1 rings (SSSR count). The number of hydrogen-bond donors (Lipinski definition) is 1. The van der Waals surface area contributed by atoms with E-state index in [4.69, 9.17) is 33.6 Å². The second kappa shape index (κ2) is 4.95. The quantitative estimate of drug-likeness (QED) is 0.892. The molecule has 0 bridgehead atoms. The summed E-state index contributed by atoms with van der Waals surface area (Å²) in [5.74, 6) is -1.30. The van der Waals surface area contributed by atoms with Crippen LogP contribution in [-0.2, 0) is 0 Å². The summed E-state index contributed by atoms with van der Waals surface area (Å²) < 4.78 is 13.7. The van der Waals surface area contributed by atoms with Gasteiger partial charge in [0.05, 0.1) is 7.11 Å². The fourth-order valence-corrected chi connectivity index (χ4v) is 1.32. The molecule has 0 aliphatic heterocycles. The lowest BCUT2D eigenvalue weighted by atomic mass is 10.2. The van der Waals surface area contributed by atoms with Crippen molar-refractivity contribution in [3.63, 3.8) is 0 Å². The van der Waals surface area contributed by atoms with Gasteiger partial charge in [0.25, 0.3) is 0 Å². The van der Waals surface area contributed by atoms with Crippen LogP contribution in [0.4, 0.5) is 0 Å². The topological polar surface area (TPSA) is 65.0 Å². The molecule has 1 N–H and O–H groups in total. The number of aromatic carboxylic acids is 1. The number of hydrogen-bond acceptors (Lipinski definition) is 4. The molecule has 0 aromatic heterocycles. The Morgan fingerprint density at radius 1 is 1.27 bits per heavy atom. The first kappa shape index (κ1) is 11.7. The first-order valence-electron chi connectivity index (χ1n) is 3.67. The zero-order valence-electron chi connectivity index (χ0n) is 7.49. The molecule has 0 saturated heterocycles. The van der Waals surface area contributed by atoms with Gasteiger partial charge in [0.15, 0.2) is 5.75 Å². The monoisotopic (exact) mass is 252 g/mol. The van der Waals surface area contributed by atoms with E-state index in [1.165, 1.54) is 19.2 Å². The molecule has 0 fully saturated rings. The Labute approximate surface area is 95.4 Å². The van der Waals surface area contributed by atoms with Crippen LogP contribution in [0, 0.1) is 0 Å². The van der Waals surface area contributed by atoms with Crippen LogP contribution in [0.2, 0.25) is 0 Å². The van der Waals surface area contributed by atoms with E-state index in [-0.39, 0.29) is 22.8 Å². The Morgan fingerprint density at radius 2 is 1.87 bits per heavy atom. The Morgan fingerprint density at radius 3 is 2.27 bits per heavy atom. The molecule has 0 aliphatic rings. The van der Waals surface area contributed by atoms with Crippen molar-refractivity contribution in [2.75, 3.05) is 7.11 Å². The van der Waals surface area contributed by atoms with Gasteiger partial charge in [0.2, 0.25) is 11.5 Å². The van der Waals surface area contributed by atoms with Crippen LogP contribution in [0.3, 0.4) is 0 Å². The van der Waals surface area contributed by atoms with E-state index in [1.54, 1.807) is 0 Å². The van der Waals surface area contributed by atoms with Gasteiger partial charge in [-0.1, -0.05) is 0 Å². The lowest BCUT2D eigenvalue weighted by Crippen LogP contribution is -2.01. The summed E-state index contributed by atoms with van der Waals surface area (Å²) in [5, 5.41) is 8.80. The largest absolute Gasteiger partial charge is 0.493 e. The summed E-state index contributed by atoms with van der Waals surface area (Å²) in [6.45, 7) is 0. The Kier molecular flexibility index (Phi) is 3.88. The summed E-state index contributed by atoms with van der Waals surface area (Å²) in [7, 11) is 1.37. The maximum atomic E-state index is 10.8. The third-order valence-electron chi connectivity index (χ3n) is 1.68. The molecule has 5 nitrogen and oxygen atoms in total. The van der Waals surface area contributed by atoms with Gasteiger partial charge in [0, 0.05) is 0 Å². The third kappa shape index (κ3) is 2.19. The minimum atomic E-state index is -1.22. The fraction of sp³-hybridized carbons (Fsp3) is 0.125. The summed E-state index contributed by atoms with van der Waals surface area (Å²) in [5.41, 5.74) is -0.179. The van der Waals surface area contributed by atoms with Crippen LogP contribution in [-0.4, -0.2) is 18.2 Å². The normalized spacial score (nSPS) is 9.53. The van der Waals surface area contributed by atoms with Gasteiger partial charge in [-0.2, -0.15) is 0 Å². The summed E-state index contributed by atoms with van der Waals surface area (Å²) >= 11 is 10.3. The van der Waals surface area contributed by atoms with Crippen molar-refractivity contribution >= 4 is 29.7 Å². The van der Waals surface area contributed by atoms with Crippen LogP contribution in [0.1, 0.15) is 10.4 Å². The number of benzene rings is 1. The van der Waals surface area contributed by atoms with Crippen molar-refractivity contribution < 1.29 is 23.2 Å². The Hall–Kier alpha value is -1.33. The van der Waals surface area contributed by atoms with Crippen molar-refractivity contribution in [2.24, 2.45) is 0 Å². The van der Waals surface area contributed by atoms with Gasteiger partial charge in [-0.15, -0.1) is 0 Å². The van der Waals surface area contributed by atoms with Crippen LogP contribution in [0.25, 0.3) is 0 Å². The van der Waals surface area contributed by atoms with Crippen molar-refractivity contribution in [1.82, 2.24) is 0 Å². The Balaban J connectivity index is 3.40. The summed E-state index contributed by atoms with van der Waals surface area (Å²) in [6.07, 6.45) is 0. The van der Waals surface area contributed by atoms with Gasteiger partial charge in [-0.25, -0.2) is 4.79 Å². The molecule has 0 heterocycles. The van der Waals surface area contributed by atoms with E-state index in [0.717, 1.165) is 0 Å². The maximum absolute atomic E-state index is 10.8. The predicted molar refractivity (Wildman–Crippen MR) is 52.9 cm³/mol. The summed E-state index contributed by atoms with van der Waals surface area (Å²) in [4.78, 5) is 10.8. The van der Waals surface area contributed by atoms with E-state index in [0.29, 0.717) is 0 Å². The van der Waals surface area contributed by atoms with Crippen molar-refractivity contribution in [1.29, 1.82) is 0 Å². The second-order valence-electron chi connectivity index (χ2n) is 2.43. The molecule has 0 unspecified atom stereocenters. The molecular formula is C8H6Cl2O5. The zero-order chi connectivity index (χ0) is 11.4. The predicted octanol–water partition coefficient (Wildman–Crippen LogP) is 2.46. The van der Waals surface area contributed by atoms with E-state index in [1.807, 2.05) is 0 Å². The number of methoxy groups -OCH3 is 1. The number of halogens is 2. The molecule has 7 heteroatoms. The molecule has 0 atom stereocenters. The molecule has 0 amide bonds. The van der Waals surface area contributed by atoms with E-state index in [9.17, 15) is 4.79 Å². The lowest BCUT2D eigenvalue weighted by molar-refractivity contribution is 0.0694. The van der Waals surface area contributed by atoms with Gasteiger partial charge >= 0.3 is 5.97 Å². The molecule has 1 aromatic carbocycles. The highest BCUT2D eigenvalue weighted by atomic mass is 35.5. The second-order valence-corrected chi connectivity index (χ2v) is 2.74. The highest BCUT2D eigenvalue weighted by molar-refractivity contribution is 6.12. The maximum Gasteiger partial charge on any atom is 0.339 e. The van der Waals surface area contributed by atoms with E-state index < -0.39 is 5.97 Å². The van der Waals surface area contributed by atoms with Gasteiger partial charge in [-0.3, -0.25) is 0 Å². The van der Waals surface area contributed by atoms with Gasteiger partial charge in [0.1, 0.15) is 29.3 Å².